The number of phenolic OH excluding ortho intramolecular Hbond substituents is 1. The molecule has 0 radical (unpaired) electrons. The number of aromatic hydroxyl groups is 1. The summed E-state index contributed by atoms with van der Waals surface area (Å²) in [6.07, 6.45) is 3.72. The second-order valence-corrected chi connectivity index (χ2v) is 6.45. The second-order valence-electron chi connectivity index (χ2n) is 5.59. The summed E-state index contributed by atoms with van der Waals surface area (Å²) < 4.78 is 6.09. The Morgan fingerprint density at radius 1 is 1.46 bits per heavy atom. The maximum atomic E-state index is 10.0. The largest absolute Gasteiger partial charge is 0.504 e. The summed E-state index contributed by atoms with van der Waals surface area (Å²) >= 11 is 3.58. The van der Waals surface area contributed by atoms with E-state index in [-0.39, 0.29) is 24.2 Å². The molecule has 0 saturated carbocycles. The molecule has 2 heterocycles. The van der Waals surface area contributed by atoms with Crippen molar-refractivity contribution in [3.63, 3.8) is 0 Å². The van der Waals surface area contributed by atoms with E-state index in [2.05, 4.69) is 37.2 Å². The van der Waals surface area contributed by atoms with Crippen LogP contribution in [0.4, 0.5) is 0 Å². The SMILES string of the molecule is COc1cc(Br)c(CN2CCNCC2c2cccnc2)cc1O.Cl. The number of methoxy groups -OCH3 is 1. The van der Waals surface area contributed by atoms with Crippen molar-refractivity contribution in [1.82, 2.24) is 15.2 Å². The normalized spacial score (nSPS) is 18.0. The van der Waals surface area contributed by atoms with Gasteiger partial charge in [-0.15, -0.1) is 12.4 Å². The lowest BCUT2D eigenvalue weighted by Gasteiger charge is -2.36. The summed E-state index contributed by atoms with van der Waals surface area (Å²) in [6.45, 7) is 3.54. The van der Waals surface area contributed by atoms with Gasteiger partial charge in [0.05, 0.1) is 7.11 Å². The molecule has 1 aliphatic heterocycles. The van der Waals surface area contributed by atoms with Crippen molar-refractivity contribution in [3.8, 4) is 11.5 Å². The van der Waals surface area contributed by atoms with Crippen molar-refractivity contribution >= 4 is 28.3 Å². The molecule has 3 rings (SSSR count). The first-order chi connectivity index (χ1) is 11.2. The average molecular weight is 415 g/mol. The van der Waals surface area contributed by atoms with E-state index in [1.54, 1.807) is 19.4 Å². The van der Waals surface area contributed by atoms with Crippen molar-refractivity contribution in [2.75, 3.05) is 26.7 Å². The highest BCUT2D eigenvalue weighted by molar-refractivity contribution is 9.10. The molecule has 1 atom stereocenters. The summed E-state index contributed by atoms with van der Waals surface area (Å²) in [6, 6.07) is 7.93. The van der Waals surface area contributed by atoms with Gasteiger partial charge in [0.15, 0.2) is 11.5 Å². The van der Waals surface area contributed by atoms with Crippen LogP contribution in [-0.2, 0) is 6.54 Å². The van der Waals surface area contributed by atoms with Crippen LogP contribution in [0.5, 0.6) is 11.5 Å². The predicted octanol–water partition coefficient (Wildman–Crippen LogP) is 3.13. The van der Waals surface area contributed by atoms with Crippen LogP contribution >= 0.6 is 28.3 Å². The van der Waals surface area contributed by atoms with Gasteiger partial charge < -0.3 is 15.2 Å². The number of hydrogen-bond acceptors (Lipinski definition) is 5. The minimum Gasteiger partial charge on any atom is -0.504 e. The fraction of sp³-hybridized carbons (Fsp3) is 0.353. The summed E-state index contributed by atoms with van der Waals surface area (Å²) in [7, 11) is 1.55. The summed E-state index contributed by atoms with van der Waals surface area (Å²) in [5, 5.41) is 13.5. The van der Waals surface area contributed by atoms with Crippen molar-refractivity contribution in [2.45, 2.75) is 12.6 Å². The van der Waals surface area contributed by atoms with E-state index in [9.17, 15) is 5.11 Å². The van der Waals surface area contributed by atoms with Crippen molar-refractivity contribution in [2.24, 2.45) is 0 Å². The fourth-order valence-electron chi connectivity index (χ4n) is 2.93. The number of nitrogens with zero attached hydrogens (tertiary/aromatic N) is 2. The van der Waals surface area contributed by atoms with Crippen molar-refractivity contribution in [1.29, 1.82) is 0 Å². The molecule has 130 valence electrons. The van der Waals surface area contributed by atoms with Gasteiger partial charge in [0.2, 0.25) is 0 Å². The zero-order valence-corrected chi connectivity index (χ0v) is 15.8. The number of pyridine rings is 1. The standard InChI is InChI=1S/C17H20BrN3O2.ClH/c1-23-17-8-14(18)13(7-16(17)22)11-21-6-5-20-10-15(21)12-3-2-4-19-9-12;/h2-4,7-9,15,20,22H,5-6,10-11H2,1H3;1H. The van der Waals surface area contributed by atoms with E-state index in [1.165, 1.54) is 5.56 Å². The average Bonchev–Trinajstić information content (AvgIpc) is 2.59. The Bertz CT molecular complexity index is 672. The highest BCUT2D eigenvalue weighted by Crippen LogP contribution is 2.34. The number of rotatable bonds is 4. The highest BCUT2D eigenvalue weighted by Gasteiger charge is 2.24. The minimum atomic E-state index is 0. The van der Waals surface area contributed by atoms with Crippen molar-refractivity contribution < 1.29 is 9.84 Å². The van der Waals surface area contributed by atoms with Crippen LogP contribution < -0.4 is 10.1 Å². The smallest absolute Gasteiger partial charge is 0.161 e. The molecule has 5 nitrogen and oxygen atoms in total. The Hall–Kier alpha value is -1.34. The molecule has 0 bridgehead atoms. The lowest BCUT2D eigenvalue weighted by atomic mass is 10.0. The molecular formula is C17H21BrClN3O2. The zero-order valence-electron chi connectivity index (χ0n) is 13.4. The van der Waals surface area contributed by atoms with Gasteiger partial charge in [-0.25, -0.2) is 0 Å². The molecule has 2 N–H and O–H groups in total. The van der Waals surface area contributed by atoms with E-state index in [0.717, 1.165) is 36.2 Å². The van der Waals surface area contributed by atoms with E-state index < -0.39 is 0 Å². The molecule has 7 heteroatoms. The number of ether oxygens (including phenoxy) is 1. The second kappa shape index (κ2) is 8.67. The third-order valence-corrected chi connectivity index (χ3v) is 4.88. The molecule has 24 heavy (non-hydrogen) atoms. The minimum absolute atomic E-state index is 0. The van der Waals surface area contributed by atoms with Crippen LogP contribution in [0.1, 0.15) is 17.2 Å². The van der Waals surface area contributed by atoms with Gasteiger partial charge >= 0.3 is 0 Å². The van der Waals surface area contributed by atoms with Gasteiger partial charge in [0, 0.05) is 49.1 Å². The van der Waals surface area contributed by atoms with Crippen LogP contribution in [0, 0.1) is 0 Å². The molecule has 1 aromatic carbocycles. The molecule has 1 aromatic heterocycles. The van der Waals surface area contributed by atoms with Crippen LogP contribution in [-0.4, -0.2) is 41.7 Å². The van der Waals surface area contributed by atoms with Crippen LogP contribution in [0.15, 0.2) is 41.1 Å². The number of halogens is 2. The van der Waals surface area contributed by atoms with Crippen LogP contribution in [0.3, 0.4) is 0 Å². The van der Waals surface area contributed by atoms with Crippen LogP contribution in [0.25, 0.3) is 0 Å². The topological polar surface area (TPSA) is 57.6 Å². The summed E-state index contributed by atoms with van der Waals surface area (Å²) in [5.74, 6) is 0.642. The lowest BCUT2D eigenvalue weighted by Crippen LogP contribution is -2.45. The number of piperazine rings is 1. The molecule has 2 aromatic rings. The third kappa shape index (κ3) is 4.19. The van der Waals surface area contributed by atoms with Gasteiger partial charge in [0.25, 0.3) is 0 Å². The fourth-order valence-corrected chi connectivity index (χ4v) is 3.38. The van der Waals surface area contributed by atoms with Gasteiger partial charge in [-0.05, 0) is 29.3 Å². The van der Waals surface area contributed by atoms with Crippen molar-refractivity contribution in [3.05, 3.63) is 52.3 Å². The zero-order chi connectivity index (χ0) is 16.2. The van der Waals surface area contributed by atoms with E-state index >= 15 is 0 Å². The van der Waals surface area contributed by atoms with Gasteiger partial charge in [-0.2, -0.15) is 0 Å². The molecule has 0 amide bonds. The summed E-state index contributed by atoms with van der Waals surface area (Å²) in [5.41, 5.74) is 2.24. The molecule has 1 unspecified atom stereocenters. The molecule has 1 fully saturated rings. The Labute approximate surface area is 156 Å². The molecule has 0 spiro atoms. The van der Waals surface area contributed by atoms with Gasteiger partial charge in [-0.3, -0.25) is 9.88 Å². The Kier molecular flexibility index (Phi) is 6.86. The number of hydrogen-bond donors (Lipinski definition) is 2. The monoisotopic (exact) mass is 413 g/mol. The molecule has 0 aliphatic carbocycles. The van der Waals surface area contributed by atoms with Gasteiger partial charge in [0.1, 0.15) is 0 Å². The third-order valence-electron chi connectivity index (χ3n) is 4.14. The quantitative estimate of drug-likeness (QED) is 0.805. The van der Waals surface area contributed by atoms with Gasteiger partial charge in [-0.1, -0.05) is 22.0 Å². The Balaban J connectivity index is 0.00000208. The van der Waals surface area contributed by atoms with E-state index in [0.29, 0.717) is 5.75 Å². The number of benzene rings is 1. The first kappa shape index (κ1) is 19.0. The molecule has 1 aliphatic rings. The van der Waals surface area contributed by atoms with Crippen LogP contribution in [0.2, 0.25) is 0 Å². The highest BCUT2D eigenvalue weighted by atomic mass is 79.9. The summed E-state index contributed by atoms with van der Waals surface area (Å²) in [4.78, 5) is 6.64. The van der Waals surface area contributed by atoms with E-state index in [4.69, 9.17) is 4.74 Å². The number of aromatic nitrogens is 1. The number of phenols is 1. The first-order valence-electron chi connectivity index (χ1n) is 7.59. The Morgan fingerprint density at radius 3 is 3.00 bits per heavy atom. The maximum absolute atomic E-state index is 10.0. The predicted molar refractivity (Wildman–Crippen MR) is 99.9 cm³/mol. The number of nitrogens with one attached hydrogen (secondary N) is 1. The lowest BCUT2D eigenvalue weighted by molar-refractivity contribution is 0.153. The first-order valence-corrected chi connectivity index (χ1v) is 8.38. The maximum Gasteiger partial charge on any atom is 0.161 e. The Morgan fingerprint density at radius 2 is 2.29 bits per heavy atom. The molecule has 1 saturated heterocycles. The van der Waals surface area contributed by atoms with E-state index in [1.807, 2.05) is 18.3 Å². The molecular weight excluding hydrogens is 394 g/mol.